The molecule has 2 N–H and O–H groups in total. The van der Waals surface area contributed by atoms with Crippen molar-refractivity contribution >= 4 is 11.5 Å². The molecule has 0 bridgehead atoms. The third-order valence-electron chi connectivity index (χ3n) is 3.87. The van der Waals surface area contributed by atoms with Crippen LogP contribution in [0.2, 0.25) is 0 Å². The predicted molar refractivity (Wildman–Crippen MR) is 88.5 cm³/mol. The maximum atomic E-state index is 14.4. The number of carbonyl (C=O) groups is 1. The first-order chi connectivity index (χ1) is 11.5. The summed E-state index contributed by atoms with van der Waals surface area (Å²) in [6, 6.07) is 12.1. The standard InChI is InChI=1S/C19H16F2N2O/c1-13(24)23-19(14-8-10-15(20)11-9-14)17(6-4-12-22-19)16-5-2-3-7-18(16)21/h2-12,22H,1H3,(H,23,24). The molecule has 2 aromatic rings. The third kappa shape index (κ3) is 2.80. The monoisotopic (exact) mass is 326 g/mol. The van der Waals surface area contributed by atoms with E-state index < -0.39 is 11.5 Å². The summed E-state index contributed by atoms with van der Waals surface area (Å²) in [4.78, 5) is 11.8. The molecule has 0 saturated carbocycles. The minimum absolute atomic E-state index is 0.302. The molecule has 0 saturated heterocycles. The summed E-state index contributed by atoms with van der Waals surface area (Å²) in [5.41, 5.74) is 0.298. The second-order valence-electron chi connectivity index (χ2n) is 5.50. The number of carbonyl (C=O) groups excluding carboxylic acids is 1. The summed E-state index contributed by atoms with van der Waals surface area (Å²) in [5.74, 6) is -1.10. The van der Waals surface area contributed by atoms with Crippen LogP contribution in [0.15, 0.2) is 66.9 Å². The van der Waals surface area contributed by atoms with Gasteiger partial charge in [-0.25, -0.2) is 8.78 Å². The van der Waals surface area contributed by atoms with Crippen LogP contribution in [-0.4, -0.2) is 5.91 Å². The zero-order chi connectivity index (χ0) is 17.2. The van der Waals surface area contributed by atoms with E-state index >= 15 is 0 Å². The lowest BCUT2D eigenvalue weighted by atomic mass is 9.84. The second kappa shape index (κ2) is 6.28. The Morgan fingerprint density at radius 3 is 2.46 bits per heavy atom. The Morgan fingerprint density at radius 1 is 1.08 bits per heavy atom. The van der Waals surface area contributed by atoms with Gasteiger partial charge in [0.25, 0.3) is 0 Å². The molecule has 1 atom stereocenters. The predicted octanol–water partition coefficient (Wildman–Crippen LogP) is 3.45. The van der Waals surface area contributed by atoms with Gasteiger partial charge < -0.3 is 10.6 Å². The van der Waals surface area contributed by atoms with E-state index in [1.54, 1.807) is 48.7 Å². The number of dihydropyridines is 1. The first-order valence-electron chi connectivity index (χ1n) is 7.47. The summed E-state index contributed by atoms with van der Waals surface area (Å²) < 4.78 is 27.7. The van der Waals surface area contributed by atoms with Gasteiger partial charge in [0, 0.05) is 23.6 Å². The molecule has 0 spiro atoms. The molecule has 3 nitrogen and oxygen atoms in total. The highest BCUT2D eigenvalue weighted by atomic mass is 19.1. The fraction of sp³-hybridized carbons (Fsp3) is 0.105. The van der Waals surface area contributed by atoms with Gasteiger partial charge in [0.15, 0.2) is 5.66 Å². The average molecular weight is 326 g/mol. The first kappa shape index (κ1) is 15.9. The third-order valence-corrected chi connectivity index (χ3v) is 3.87. The van der Waals surface area contributed by atoms with Crippen LogP contribution in [-0.2, 0) is 10.5 Å². The van der Waals surface area contributed by atoms with Gasteiger partial charge in [-0.3, -0.25) is 4.79 Å². The minimum Gasteiger partial charge on any atom is -0.361 e. The molecule has 24 heavy (non-hydrogen) atoms. The van der Waals surface area contributed by atoms with Crippen LogP contribution in [0.5, 0.6) is 0 Å². The first-order valence-corrected chi connectivity index (χ1v) is 7.47. The Bertz CT molecular complexity index is 828. The summed E-state index contributed by atoms with van der Waals surface area (Å²) in [5, 5.41) is 5.95. The van der Waals surface area contributed by atoms with E-state index in [1.165, 1.54) is 25.1 Å². The van der Waals surface area contributed by atoms with E-state index in [2.05, 4.69) is 10.6 Å². The van der Waals surface area contributed by atoms with Crippen LogP contribution in [0, 0.1) is 11.6 Å². The number of amides is 1. The number of benzene rings is 2. The quantitative estimate of drug-likeness (QED) is 0.907. The molecule has 3 rings (SSSR count). The van der Waals surface area contributed by atoms with Crippen LogP contribution in [0.25, 0.3) is 5.57 Å². The zero-order valence-corrected chi connectivity index (χ0v) is 13.0. The van der Waals surface area contributed by atoms with Crippen molar-refractivity contribution in [2.75, 3.05) is 0 Å². The van der Waals surface area contributed by atoms with E-state index in [9.17, 15) is 13.6 Å². The normalized spacial score (nSPS) is 19.4. The van der Waals surface area contributed by atoms with Crippen molar-refractivity contribution in [2.45, 2.75) is 12.6 Å². The smallest absolute Gasteiger partial charge is 0.219 e. The summed E-state index contributed by atoms with van der Waals surface area (Å²) in [6.07, 6.45) is 5.11. The fourth-order valence-corrected chi connectivity index (χ4v) is 2.87. The topological polar surface area (TPSA) is 41.1 Å². The SMILES string of the molecule is CC(=O)NC1(c2ccc(F)cc2)NC=CC=C1c1ccccc1F. The maximum Gasteiger partial charge on any atom is 0.219 e. The second-order valence-corrected chi connectivity index (χ2v) is 5.50. The van der Waals surface area contributed by atoms with Gasteiger partial charge in [0.1, 0.15) is 11.6 Å². The van der Waals surface area contributed by atoms with E-state index in [0.29, 0.717) is 16.7 Å². The number of rotatable bonds is 3. The van der Waals surface area contributed by atoms with E-state index in [0.717, 1.165) is 0 Å². The van der Waals surface area contributed by atoms with E-state index in [1.807, 2.05) is 0 Å². The molecule has 1 heterocycles. The Balaban J connectivity index is 2.21. The van der Waals surface area contributed by atoms with E-state index in [-0.39, 0.29) is 11.7 Å². The van der Waals surface area contributed by atoms with Gasteiger partial charge in [-0.2, -0.15) is 0 Å². The Kier molecular flexibility index (Phi) is 4.16. The van der Waals surface area contributed by atoms with Crippen molar-refractivity contribution < 1.29 is 13.6 Å². The van der Waals surface area contributed by atoms with Gasteiger partial charge in [-0.1, -0.05) is 36.4 Å². The maximum absolute atomic E-state index is 14.4. The Morgan fingerprint density at radius 2 is 1.79 bits per heavy atom. The lowest BCUT2D eigenvalue weighted by molar-refractivity contribution is -0.120. The summed E-state index contributed by atoms with van der Waals surface area (Å²) in [6.45, 7) is 1.38. The van der Waals surface area contributed by atoms with Crippen LogP contribution in [0.1, 0.15) is 18.1 Å². The molecule has 5 heteroatoms. The lowest BCUT2D eigenvalue weighted by Crippen LogP contribution is -2.55. The van der Waals surface area contributed by atoms with Crippen molar-refractivity contribution in [3.63, 3.8) is 0 Å². The van der Waals surface area contributed by atoms with Gasteiger partial charge >= 0.3 is 0 Å². The zero-order valence-electron chi connectivity index (χ0n) is 13.0. The van der Waals surface area contributed by atoms with Crippen LogP contribution in [0.3, 0.4) is 0 Å². The van der Waals surface area contributed by atoms with Crippen LogP contribution in [0.4, 0.5) is 8.78 Å². The van der Waals surface area contributed by atoms with Crippen LogP contribution >= 0.6 is 0 Å². The molecular weight excluding hydrogens is 310 g/mol. The van der Waals surface area contributed by atoms with Crippen molar-refractivity contribution in [3.8, 4) is 0 Å². The number of allylic oxidation sites excluding steroid dienone is 2. The molecule has 122 valence electrons. The molecule has 0 aromatic heterocycles. The van der Waals surface area contributed by atoms with Crippen molar-refractivity contribution in [2.24, 2.45) is 0 Å². The molecule has 1 aliphatic heterocycles. The van der Waals surface area contributed by atoms with Crippen molar-refractivity contribution in [3.05, 3.63) is 89.6 Å². The number of hydrogen-bond acceptors (Lipinski definition) is 2. The Hall–Kier alpha value is -2.95. The van der Waals surface area contributed by atoms with Gasteiger partial charge in [-0.05, 0) is 30.5 Å². The van der Waals surface area contributed by atoms with Crippen molar-refractivity contribution in [1.82, 2.24) is 10.6 Å². The molecular formula is C19H16F2N2O. The fourth-order valence-electron chi connectivity index (χ4n) is 2.87. The van der Waals surface area contributed by atoms with E-state index in [4.69, 9.17) is 0 Å². The molecule has 1 aliphatic rings. The summed E-state index contributed by atoms with van der Waals surface area (Å²) in [7, 11) is 0. The average Bonchev–Trinajstić information content (AvgIpc) is 2.56. The highest BCUT2D eigenvalue weighted by molar-refractivity contribution is 5.83. The molecule has 2 aromatic carbocycles. The number of nitrogens with one attached hydrogen (secondary N) is 2. The van der Waals surface area contributed by atoms with Gasteiger partial charge in [0.2, 0.25) is 5.91 Å². The van der Waals surface area contributed by atoms with Crippen molar-refractivity contribution in [1.29, 1.82) is 0 Å². The molecule has 0 radical (unpaired) electrons. The highest BCUT2D eigenvalue weighted by Crippen LogP contribution is 2.37. The van der Waals surface area contributed by atoms with Crippen LogP contribution < -0.4 is 10.6 Å². The molecule has 1 unspecified atom stereocenters. The van der Waals surface area contributed by atoms with Gasteiger partial charge in [-0.15, -0.1) is 0 Å². The Labute approximate surface area is 138 Å². The highest BCUT2D eigenvalue weighted by Gasteiger charge is 2.39. The summed E-state index contributed by atoms with van der Waals surface area (Å²) >= 11 is 0. The number of halogens is 2. The van der Waals surface area contributed by atoms with Gasteiger partial charge in [0.05, 0.1) is 0 Å². The molecule has 0 aliphatic carbocycles. The lowest BCUT2D eigenvalue weighted by Gasteiger charge is -2.39. The minimum atomic E-state index is -1.18. The number of hydrogen-bond donors (Lipinski definition) is 2. The molecule has 1 amide bonds. The largest absolute Gasteiger partial charge is 0.361 e. The molecule has 0 fully saturated rings.